The SMILES string of the molecule is CC(NC(=O)c1nc(N2CCOCC2)n2ccccc12)C(C)(C)C. The van der Waals surface area contributed by atoms with Crippen molar-refractivity contribution in [2.45, 2.75) is 33.7 Å². The Hall–Kier alpha value is -2.08. The number of hydrogen-bond donors (Lipinski definition) is 1. The first-order valence-corrected chi connectivity index (χ1v) is 8.48. The minimum atomic E-state index is -0.124. The van der Waals surface area contributed by atoms with Gasteiger partial charge >= 0.3 is 0 Å². The van der Waals surface area contributed by atoms with Crippen LogP contribution in [0.1, 0.15) is 38.2 Å². The van der Waals surface area contributed by atoms with Gasteiger partial charge < -0.3 is 15.0 Å². The molecule has 0 spiro atoms. The number of pyridine rings is 1. The molecule has 0 saturated carbocycles. The average molecular weight is 330 g/mol. The molecule has 0 aromatic carbocycles. The molecule has 0 bridgehead atoms. The first-order chi connectivity index (χ1) is 11.4. The van der Waals surface area contributed by atoms with Crippen LogP contribution in [0.4, 0.5) is 5.95 Å². The molecule has 0 aliphatic carbocycles. The predicted octanol–water partition coefficient (Wildman–Crippen LogP) is 2.34. The van der Waals surface area contributed by atoms with Gasteiger partial charge in [-0.3, -0.25) is 9.20 Å². The smallest absolute Gasteiger partial charge is 0.272 e. The Morgan fingerprint density at radius 3 is 2.67 bits per heavy atom. The number of nitrogens with one attached hydrogen (secondary N) is 1. The summed E-state index contributed by atoms with van der Waals surface area (Å²) in [6.07, 6.45) is 1.96. The van der Waals surface area contributed by atoms with Crippen molar-refractivity contribution in [2.75, 3.05) is 31.2 Å². The van der Waals surface area contributed by atoms with Crippen molar-refractivity contribution in [1.29, 1.82) is 0 Å². The summed E-state index contributed by atoms with van der Waals surface area (Å²) in [5.74, 6) is 0.683. The summed E-state index contributed by atoms with van der Waals surface area (Å²) in [7, 11) is 0. The third-order valence-electron chi connectivity index (χ3n) is 4.69. The van der Waals surface area contributed by atoms with Crippen LogP contribution in [-0.2, 0) is 4.74 Å². The van der Waals surface area contributed by atoms with E-state index in [1.807, 2.05) is 35.7 Å². The third-order valence-corrected chi connectivity index (χ3v) is 4.69. The van der Waals surface area contributed by atoms with Crippen molar-refractivity contribution in [3.05, 3.63) is 30.1 Å². The van der Waals surface area contributed by atoms with E-state index in [1.165, 1.54) is 0 Å². The molecule has 3 rings (SSSR count). The lowest BCUT2D eigenvalue weighted by Crippen LogP contribution is -2.41. The van der Waals surface area contributed by atoms with Crippen molar-refractivity contribution < 1.29 is 9.53 Å². The molecular formula is C18H26N4O2. The van der Waals surface area contributed by atoms with Crippen LogP contribution in [-0.4, -0.2) is 47.6 Å². The van der Waals surface area contributed by atoms with Crippen molar-refractivity contribution in [1.82, 2.24) is 14.7 Å². The zero-order valence-corrected chi connectivity index (χ0v) is 14.9. The topological polar surface area (TPSA) is 58.9 Å². The average Bonchev–Trinajstić information content (AvgIpc) is 2.94. The number of ether oxygens (including phenoxy) is 1. The Bertz CT molecular complexity index is 726. The summed E-state index contributed by atoms with van der Waals surface area (Å²) in [6.45, 7) is 11.3. The normalized spacial score (nSPS) is 17.1. The van der Waals surface area contributed by atoms with Gasteiger partial charge in [-0.1, -0.05) is 26.8 Å². The molecule has 2 aromatic heterocycles. The van der Waals surface area contributed by atoms with Crippen LogP contribution in [0.3, 0.4) is 0 Å². The molecule has 1 unspecified atom stereocenters. The molecule has 1 aliphatic rings. The number of aromatic nitrogens is 2. The highest BCUT2D eigenvalue weighted by Gasteiger charge is 2.26. The van der Waals surface area contributed by atoms with E-state index in [-0.39, 0.29) is 17.4 Å². The van der Waals surface area contributed by atoms with E-state index in [0.717, 1.165) is 24.6 Å². The second-order valence-corrected chi connectivity index (χ2v) is 7.38. The van der Waals surface area contributed by atoms with Gasteiger partial charge in [0.1, 0.15) is 0 Å². The fourth-order valence-electron chi connectivity index (χ4n) is 2.66. The second kappa shape index (κ2) is 6.43. The Balaban J connectivity index is 1.95. The molecule has 1 amide bonds. The second-order valence-electron chi connectivity index (χ2n) is 7.38. The van der Waals surface area contributed by atoms with E-state index in [1.54, 1.807) is 0 Å². The molecule has 0 radical (unpaired) electrons. The summed E-state index contributed by atoms with van der Waals surface area (Å²) in [4.78, 5) is 19.6. The zero-order valence-electron chi connectivity index (χ0n) is 14.9. The number of fused-ring (bicyclic) bond motifs is 1. The van der Waals surface area contributed by atoms with E-state index in [0.29, 0.717) is 18.9 Å². The van der Waals surface area contributed by atoms with Crippen LogP contribution in [0.25, 0.3) is 5.52 Å². The molecule has 1 aliphatic heterocycles. The van der Waals surface area contributed by atoms with E-state index < -0.39 is 0 Å². The molecule has 24 heavy (non-hydrogen) atoms. The summed E-state index contributed by atoms with van der Waals surface area (Å²) in [5.41, 5.74) is 1.31. The van der Waals surface area contributed by atoms with Crippen molar-refractivity contribution in [3.8, 4) is 0 Å². The van der Waals surface area contributed by atoms with Crippen LogP contribution >= 0.6 is 0 Å². The highest BCUT2D eigenvalue weighted by atomic mass is 16.5. The third kappa shape index (κ3) is 3.24. The molecule has 6 nitrogen and oxygen atoms in total. The minimum Gasteiger partial charge on any atom is -0.378 e. The zero-order chi connectivity index (χ0) is 17.3. The van der Waals surface area contributed by atoms with Crippen LogP contribution < -0.4 is 10.2 Å². The number of imidazole rings is 1. The maximum atomic E-state index is 12.8. The van der Waals surface area contributed by atoms with Crippen molar-refractivity contribution >= 4 is 17.4 Å². The van der Waals surface area contributed by atoms with Crippen molar-refractivity contribution in [3.63, 3.8) is 0 Å². The lowest BCUT2D eigenvalue weighted by atomic mass is 9.88. The molecule has 1 saturated heterocycles. The van der Waals surface area contributed by atoms with E-state index in [2.05, 4.69) is 36.0 Å². The number of rotatable bonds is 3. The number of carbonyl (C=O) groups is 1. The molecule has 2 aromatic rings. The van der Waals surface area contributed by atoms with Gasteiger partial charge in [0.15, 0.2) is 5.69 Å². The first-order valence-electron chi connectivity index (χ1n) is 8.48. The Morgan fingerprint density at radius 1 is 1.29 bits per heavy atom. The number of carbonyl (C=O) groups excluding carboxylic acids is 1. The molecule has 1 fully saturated rings. The van der Waals surface area contributed by atoms with Crippen molar-refractivity contribution in [2.24, 2.45) is 5.41 Å². The fraction of sp³-hybridized carbons (Fsp3) is 0.556. The van der Waals surface area contributed by atoms with Gasteiger partial charge in [0.25, 0.3) is 5.91 Å². The van der Waals surface area contributed by atoms with Gasteiger partial charge in [-0.15, -0.1) is 0 Å². The molecule has 3 heterocycles. The largest absolute Gasteiger partial charge is 0.378 e. The maximum absolute atomic E-state index is 12.8. The van der Waals surface area contributed by atoms with E-state index in [9.17, 15) is 4.79 Å². The highest BCUT2D eigenvalue weighted by Crippen LogP contribution is 2.23. The highest BCUT2D eigenvalue weighted by molar-refractivity contribution is 6.00. The number of nitrogens with zero attached hydrogens (tertiary/aromatic N) is 3. The number of morpholine rings is 1. The van der Waals surface area contributed by atoms with Crippen LogP contribution in [0.15, 0.2) is 24.4 Å². The van der Waals surface area contributed by atoms with Gasteiger partial charge in [-0.25, -0.2) is 4.98 Å². The molecule has 1 atom stereocenters. The first kappa shape index (κ1) is 16.8. The molecular weight excluding hydrogens is 304 g/mol. The van der Waals surface area contributed by atoms with Crippen LogP contribution in [0.5, 0.6) is 0 Å². The summed E-state index contributed by atoms with van der Waals surface area (Å²) >= 11 is 0. The lowest BCUT2D eigenvalue weighted by molar-refractivity contribution is 0.0907. The lowest BCUT2D eigenvalue weighted by Gasteiger charge is -2.27. The van der Waals surface area contributed by atoms with Crippen LogP contribution in [0.2, 0.25) is 0 Å². The van der Waals surface area contributed by atoms with Gasteiger partial charge in [0.05, 0.1) is 18.7 Å². The molecule has 1 N–H and O–H groups in total. The van der Waals surface area contributed by atoms with Gasteiger partial charge in [-0.05, 0) is 24.5 Å². The number of anilines is 1. The van der Waals surface area contributed by atoms with Gasteiger partial charge in [0, 0.05) is 25.3 Å². The Morgan fingerprint density at radius 2 is 2.00 bits per heavy atom. The van der Waals surface area contributed by atoms with Gasteiger partial charge in [0.2, 0.25) is 5.95 Å². The Kier molecular flexibility index (Phi) is 4.49. The summed E-state index contributed by atoms with van der Waals surface area (Å²) < 4.78 is 7.41. The number of hydrogen-bond acceptors (Lipinski definition) is 4. The maximum Gasteiger partial charge on any atom is 0.272 e. The summed E-state index contributed by atoms with van der Waals surface area (Å²) in [6, 6.07) is 5.88. The van der Waals surface area contributed by atoms with Gasteiger partial charge in [-0.2, -0.15) is 0 Å². The predicted molar refractivity (Wildman–Crippen MR) is 94.6 cm³/mol. The fourth-order valence-corrected chi connectivity index (χ4v) is 2.66. The van der Waals surface area contributed by atoms with E-state index >= 15 is 0 Å². The monoisotopic (exact) mass is 330 g/mol. The quantitative estimate of drug-likeness (QED) is 0.938. The molecule has 130 valence electrons. The van der Waals surface area contributed by atoms with E-state index in [4.69, 9.17) is 4.74 Å². The number of amides is 1. The van der Waals surface area contributed by atoms with Crippen LogP contribution in [0, 0.1) is 5.41 Å². The minimum absolute atomic E-state index is 0.00175. The Labute approximate surface area is 142 Å². The standard InChI is InChI=1S/C18H26N4O2/c1-13(18(2,3)4)19-16(23)15-14-7-5-6-8-22(14)17(20-15)21-9-11-24-12-10-21/h5-8,13H,9-12H2,1-4H3,(H,19,23). The summed E-state index contributed by atoms with van der Waals surface area (Å²) in [5, 5.41) is 3.09. The molecule has 6 heteroatoms.